The van der Waals surface area contributed by atoms with Gasteiger partial charge in [-0.05, 0) is 48.2 Å². The monoisotopic (exact) mass is 430 g/mol. The summed E-state index contributed by atoms with van der Waals surface area (Å²) in [5.74, 6) is -1.11. The second kappa shape index (κ2) is 5.89. The highest BCUT2D eigenvalue weighted by molar-refractivity contribution is 6.06. The Morgan fingerprint density at radius 1 is 1.32 bits per heavy atom. The maximum absolute atomic E-state index is 13.1. The highest BCUT2D eigenvalue weighted by Gasteiger charge is 2.93. The highest BCUT2D eigenvalue weighted by Crippen LogP contribution is 2.89. The number of rotatable bonds is 4. The van der Waals surface area contributed by atoms with E-state index in [2.05, 4.69) is 0 Å². The van der Waals surface area contributed by atoms with Crippen LogP contribution in [0.3, 0.4) is 0 Å². The van der Waals surface area contributed by atoms with Crippen molar-refractivity contribution in [1.82, 2.24) is 0 Å². The molecule has 3 N–H and O–H groups in total. The van der Waals surface area contributed by atoms with Crippen LogP contribution in [0.15, 0.2) is 23.3 Å². The summed E-state index contributed by atoms with van der Waals surface area (Å²) in [6.45, 7) is 9.47. The molecule has 5 rings (SSSR count). The number of Topliss-reactive ketones (excluding diaryl/α,β-unsaturated/α-hetero) is 1. The minimum atomic E-state index is -1.59. The van der Waals surface area contributed by atoms with E-state index in [9.17, 15) is 24.9 Å². The largest absolute Gasteiger partial charge is 0.455 e. The van der Waals surface area contributed by atoms with Crippen LogP contribution in [0.5, 0.6) is 0 Å². The summed E-state index contributed by atoms with van der Waals surface area (Å²) >= 11 is 0. The molecule has 0 radical (unpaired) electrons. The van der Waals surface area contributed by atoms with Crippen LogP contribution in [0.2, 0.25) is 0 Å². The van der Waals surface area contributed by atoms with Crippen LogP contribution >= 0.6 is 0 Å². The van der Waals surface area contributed by atoms with E-state index in [-0.39, 0.29) is 42.5 Å². The molecule has 31 heavy (non-hydrogen) atoms. The van der Waals surface area contributed by atoms with E-state index < -0.39 is 33.6 Å². The van der Waals surface area contributed by atoms with E-state index in [4.69, 9.17) is 4.74 Å². The zero-order valence-corrected chi connectivity index (χ0v) is 19.1. The van der Waals surface area contributed by atoms with Crippen molar-refractivity contribution in [2.24, 2.45) is 34.0 Å². The van der Waals surface area contributed by atoms with Crippen molar-refractivity contribution in [2.75, 3.05) is 6.61 Å². The van der Waals surface area contributed by atoms with Crippen molar-refractivity contribution in [1.29, 1.82) is 0 Å². The molecule has 170 valence electrons. The maximum Gasteiger partial charge on any atom is 0.306 e. The lowest BCUT2D eigenvalue weighted by Crippen LogP contribution is -2.55. The fraction of sp³-hybridized carbons (Fsp3) is 0.760. The molecule has 0 aromatic rings. The molecule has 0 aromatic heterocycles. The molecule has 6 heteroatoms. The number of carbonyl (C=O) groups excluding carboxylic acids is 2. The summed E-state index contributed by atoms with van der Waals surface area (Å²) in [6.07, 6.45) is 4.78. The zero-order valence-electron chi connectivity index (χ0n) is 19.1. The van der Waals surface area contributed by atoms with E-state index in [0.29, 0.717) is 30.4 Å². The lowest BCUT2D eigenvalue weighted by Gasteiger charge is -2.46. The van der Waals surface area contributed by atoms with Crippen LogP contribution in [-0.4, -0.2) is 51.0 Å². The number of hydrogen-bond acceptors (Lipinski definition) is 6. The van der Waals surface area contributed by atoms with Gasteiger partial charge in [0.25, 0.3) is 0 Å². The van der Waals surface area contributed by atoms with Crippen LogP contribution in [0.25, 0.3) is 0 Å². The summed E-state index contributed by atoms with van der Waals surface area (Å²) in [7, 11) is 0. The minimum absolute atomic E-state index is 0.104. The molecule has 3 saturated carbocycles. The van der Waals surface area contributed by atoms with Crippen LogP contribution < -0.4 is 0 Å². The molecule has 0 amide bonds. The summed E-state index contributed by atoms with van der Waals surface area (Å²) in [4.78, 5) is 25.7. The molecule has 0 heterocycles. The Kier molecular flexibility index (Phi) is 4.06. The van der Waals surface area contributed by atoms with E-state index >= 15 is 0 Å². The Hall–Kier alpha value is -1.50. The number of ether oxygens (including phenoxy) is 1. The Balaban J connectivity index is 1.67. The van der Waals surface area contributed by atoms with Gasteiger partial charge in [-0.15, -0.1) is 0 Å². The molecule has 1 unspecified atom stereocenters. The van der Waals surface area contributed by atoms with Gasteiger partial charge in [0.2, 0.25) is 0 Å². The van der Waals surface area contributed by atoms with Gasteiger partial charge < -0.3 is 20.1 Å². The molecule has 6 nitrogen and oxygen atoms in total. The summed E-state index contributed by atoms with van der Waals surface area (Å²) in [5.41, 5.74) is -3.09. The molecule has 8 atom stereocenters. The fourth-order valence-corrected chi connectivity index (χ4v) is 8.46. The third-order valence-electron chi connectivity index (χ3n) is 9.89. The molecule has 5 aliphatic carbocycles. The van der Waals surface area contributed by atoms with E-state index in [1.54, 1.807) is 6.92 Å². The fourth-order valence-electron chi connectivity index (χ4n) is 8.46. The number of aliphatic hydroxyl groups is 3. The first-order valence-electron chi connectivity index (χ1n) is 11.6. The number of hydrogen-bond donors (Lipinski definition) is 3. The van der Waals surface area contributed by atoms with Crippen LogP contribution in [0, 0.1) is 34.0 Å². The zero-order chi connectivity index (χ0) is 22.8. The van der Waals surface area contributed by atoms with Crippen molar-refractivity contribution in [2.45, 2.75) is 77.6 Å². The molecule has 0 aromatic carbocycles. The smallest absolute Gasteiger partial charge is 0.306 e. The second-order valence-corrected chi connectivity index (χ2v) is 11.3. The third kappa shape index (κ3) is 2.02. The van der Waals surface area contributed by atoms with E-state index in [1.165, 1.54) is 0 Å². The van der Waals surface area contributed by atoms with Crippen molar-refractivity contribution >= 4 is 11.8 Å². The number of carbonyl (C=O) groups is 2. The number of aliphatic hydroxyl groups excluding tert-OH is 2. The average molecular weight is 431 g/mol. The van der Waals surface area contributed by atoms with Crippen molar-refractivity contribution in [3.05, 3.63) is 23.3 Å². The quantitative estimate of drug-likeness (QED) is 0.467. The lowest BCUT2D eigenvalue weighted by molar-refractivity contribution is -0.179. The first-order chi connectivity index (χ1) is 14.4. The number of ketones is 1. The Morgan fingerprint density at radius 3 is 2.61 bits per heavy atom. The predicted molar refractivity (Wildman–Crippen MR) is 113 cm³/mol. The number of esters is 1. The van der Waals surface area contributed by atoms with Gasteiger partial charge in [0.15, 0.2) is 5.78 Å². The number of allylic oxidation sites excluding steroid dienone is 1. The Labute approximate surface area is 183 Å². The number of fused-ring (bicyclic) bond motifs is 2. The maximum atomic E-state index is 13.1. The first-order valence-corrected chi connectivity index (χ1v) is 11.6. The molecule has 0 saturated heterocycles. The summed E-state index contributed by atoms with van der Waals surface area (Å²) in [6, 6.07) is 0. The molecular formula is C25H34O6. The second-order valence-electron chi connectivity index (χ2n) is 11.3. The predicted octanol–water partition coefficient (Wildman–Crippen LogP) is 2.31. The van der Waals surface area contributed by atoms with Gasteiger partial charge >= 0.3 is 5.97 Å². The molecule has 0 bridgehead atoms. The molecule has 2 spiro atoms. The summed E-state index contributed by atoms with van der Waals surface area (Å²) < 4.78 is 6.06. The van der Waals surface area contributed by atoms with Crippen LogP contribution in [-0.2, 0) is 14.3 Å². The SMILES string of the molecule is CCCC(=O)O[C@]12C([C@@H]3C=C(CO)C[C@]4(O)C(=O)C(C)=C[C@@]45C[C@]35[C@H](C)[C@H]1O)C2(C)C. The molecular weight excluding hydrogens is 396 g/mol. The summed E-state index contributed by atoms with van der Waals surface area (Å²) in [5, 5.41) is 33.5. The lowest BCUT2D eigenvalue weighted by atomic mass is 9.62. The highest BCUT2D eigenvalue weighted by atomic mass is 16.6. The van der Waals surface area contributed by atoms with Crippen LogP contribution in [0.4, 0.5) is 0 Å². The van der Waals surface area contributed by atoms with E-state index in [0.717, 1.165) is 0 Å². The Bertz CT molecular complexity index is 948. The van der Waals surface area contributed by atoms with Gasteiger partial charge in [-0.3, -0.25) is 9.59 Å². The minimum Gasteiger partial charge on any atom is -0.455 e. The van der Waals surface area contributed by atoms with Crippen molar-refractivity contribution < 1.29 is 29.6 Å². The average Bonchev–Trinajstić information content (AvgIpc) is 3.49. The van der Waals surface area contributed by atoms with Gasteiger partial charge in [-0.25, -0.2) is 0 Å². The third-order valence-corrected chi connectivity index (χ3v) is 9.89. The topological polar surface area (TPSA) is 104 Å². The van der Waals surface area contributed by atoms with Gasteiger partial charge in [0, 0.05) is 29.6 Å². The molecule has 5 aliphatic rings. The first kappa shape index (κ1) is 21.4. The van der Waals surface area contributed by atoms with E-state index in [1.807, 2.05) is 39.8 Å². The molecule has 3 fully saturated rings. The van der Waals surface area contributed by atoms with Crippen LogP contribution in [0.1, 0.15) is 60.3 Å². The Morgan fingerprint density at radius 2 is 2.00 bits per heavy atom. The van der Waals surface area contributed by atoms with Gasteiger partial charge in [0.1, 0.15) is 11.2 Å². The van der Waals surface area contributed by atoms with Gasteiger partial charge in [0.05, 0.1) is 12.7 Å². The van der Waals surface area contributed by atoms with Crippen molar-refractivity contribution in [3.63, 3.8) is 0 Å². The molecule has 0 aliphatic heterocycles. The standard InChI is InChI=1S/C25H34O6/c1-6-7-17(27)31-25-18(21(25,4)5)16-8-15(11-26)10-24(30)19(28)13(2)9-22(24)12-23(16,22)14(3)20(25)29/h8-9,14,16,18,20,26,29-30H,6-7,10-12H2,1-5H3/t14-,16+,18?,20-,22+,23+,24+,25-/m1/s1. The normalized spacial score (nSPS) is 50.8. The van der Waals surface area contributed by atoms with Crippen molar-refractivity contribution in [3.8, 4) is 0 Å². The van der Waals surface area contributed by atoms with Gasteiger partial charge in [-0.2, -0.15) is 0 Å². The van der Waals surface area contributed by atoms with Gasteiger partial charge in [-0.1, -0.05) is 39.8 Å².